The fraction of sp³-hybridized carbons (Fsp3) is 0.222. The van der Waals surface area contributed by atoms with Crippen LogP contribution in [0.4, 0.5) is 24.5 Å². The molecule has 0 aromatic heterocycles. The predicted octanol–water partition coefficient (Wildman–Crippen LogP) is 2.38. The number of nitrogens with zero attached hydrogens (tertiary/aromatic N) is 1. The smallest absolute Gasteiger partial charge is 0.366 e. The molecular formula is C18H16F3N3O4S. The molecule has 0 atom stereocenters. The van der Waals surface area contributed by atoms with Crippen LogP contribution in [-0.2, 0) is 22.6 Å². The fourth-order valence-electron chi connectivity index (χ4n) is 3.11. The van der Waals surface area contributed by atoms with Crippen molar-refractivity contribution < 1.29 is 31.2 Å². The average molecular weight is 427 g/mol. The first-order valence-electron chi connectivity index (χ1n) is 8.30. The van der Waals surface area contributed by atoms with E-state index in [1.54, 1.807) is 0 Å². The molecule has 2 amide bonds. The molecule has 29 heavy (non-hydrogen) atoms. The molecule has 0 radical (unpaired) electrons. The summed E-state index contributed by atoms with van der Waals surface area (Å²) in [6.07, 6.45) is -3.58. The highest BCUT2D eigenvalue weighted by Gasteiger charge is 2.33. The zero-order chi connectivity index (χ0) is 21.6. The number of nitrogens with one attached hydrogen (secondary N) is 1. The van der Waals surface area contributed by atoms with Gasteiger partial charge in [0, 0.05) is 29.0 Å². The number of amides is 2. The molecule has 0 saturated carbocycles. The van der Waals surface area contributed by atoms with Crippen molar-refractivity contribution in [1.29, 1.82) is 0 Å². The van der Waals surface area contributed by atoms with E-state index >= 15 is 0 Å². The van der Waals surface area contributed by atoms with Crippen molar-refractivity contribution in [2.75, 3.05) is 22.4 Å². The monoisotopic (exact) mass is 427 g/mol. The normalized spacial score (nSPS) is 13.9. The van der Waals surface area contributed by atoms with Gasteiger partial charge in [-0.05, 0) is 48.4 Å². The average Bonchev–Trinajstić information content (AvgIpc) is 3.01. The predicted molar refractivity (Wildman–Crippen MR) is 100 cm³/mol. The van der Waals surface area contributed by atoms with E-state index in [-0.39, 0.29) is 23.4 Å². The minimum Gasteiger partial charge on any atom is -0.366 e. The number of halogens is 3. The number of anilines is 2. The topological polar surface area (TPSA) is 110 Å². The Hall–Kier alpha value is -3.08. The van der Waals surface area contributed by atoms with Crippen LogP contribution in [-0.4, -0.2) is 33.0 Å². The minimum absolute atomic E-state index is 0.196. The second-order valence-electron chi connectivity index (χ2n) is 6.59. The Kier molecular flexibility index (Phi) is 5.03. The van der Waals surface area contributed by atoms with E-state index in [4.69, 9.17) is 5.73 Å². The van der Waals surface area contributed by atoms with E-state index in [0.29, 0.717) is 29.8 Å². The van der Waals surface area contributed by atoms with E-state index < -0.39 is 33.6 Å². The van der Waals surface area contributed by atoms with Gasteiger partial charge in [0.15, 0.2) is 0 Å². The molecule has 0 spiro atoms. The standard InChI is InChI=1S/C18H16F3N3O4S/c1-29(27,28)23-14-8-12(7-13(9-14)18(19,20)21)17(26)24-5-4-10-6-11(16(22)25)2-3-15(10)24/h2-3,6-9,23H,4-5H2,1H3,(H2,22,25). The molecule has 3 N–H and O–H groups in total. The molecule has 0 saturated heterocycles. The highest BCUT2D eigenvalue weighted by Crippen LogP contribution is 2.34. The van der Waals surface area contributed by atoms with Crippen molar-refractivity contribution >= 4 is 33.2 Å². The molecule has 154 valence electrons. The van der Waals surface area contributed by atoms with E-state index in [1.807, 2.05) is 4.72 Å². The lowest BCUT2D eigenvalue weighted by molar-refractivity contribution is -0.137. The van der Waals surface area contributed by atoms with Gasteiger partial charge in [-0.2, -0.15) is 13.2 Å². The number of hydrogen-bond donors (Lipinski definition) is 2. The molecular weight excluding hydrogens is 411 g/mol. The second-order valence-corrected chi connectivity index (χ2v) is 8.33. The first-order valence-corrected chi connectivity index (χ1v) is 10.2. The van der Waals surface area contributed by atoms with Crippen LogP contribution in [0.25, 0.3) is 0 Å². The molecule has 1 heterocycles. The van der Waals surface area contributed by atoms with Crippen LogP contribution >= 0.6 is 0 Å². The Morgan fingerprint density at radius 2 is 1.79 bits per heavy atom. The number of carbonyl (C=O) groups excluding carboxylic acids is 2. The summed E-state index contributed by atoms with van der Waals surface area (Å²) in [6.45, 7) is 0.196. The fourth-order valence-corrected chi connectivity index (χ4v) is 3.66. The first-order chi connectivity index (χ1) is 13.3. The Morgan fingerprint density at radius 1 is 1.10 bits per heavy atom. The Morgan fingerprint density at radius 3 is 2.38 bits per heavy atom. The summed E-state index contributed by atoms with van der Waals surface area (Å²) >= 11 is 0. The van der Waals surface area contributed by atoms with Crippen LogP contribution in [0.15, 0.2) is 36.4 Å². The quantitative estimate of drug-likeness (QED) is 0.781. The van der Waals surface area contributed by atoms with E-state index in [0.717, 1.165) is 12.3 Å². The number of hydrogen-bond acceptors (Lipinski definition) is 4. The van der Waals surface area contributed by atoms with Crippen LogP contribution < -0.4 is 15.4 Å². The molecule has 2 aromatic rings. The van der Waals surface area contributed by atoms with Crippen LogP contribution in [0.5, 0.6) is 0 Å². The van der Waals surface area contributed by atoms with Crippen molar-refractivity contribution in [2.45, 2.75) is 12.6 Å². The number of sulfonamides is 1. The van der Waals surface area contributed by atoms with Gasteiger partial charge in [0.1, 0.15) is 0 Å². The first kappa shape index (κ1) is 20.6. The zero-order valence-corrected chi connectivity index (χ0v) is 15.9. The third-order valence-corrected chi connectivity index (χ3v) is 4.92. The number of carbonyl (C=O) groups is 2. The summed E-state index contributed by atoms with van der Waals surface area (Å²) in [4.78, 5) is 25.5. The van der Waals surface area contributed by atoms with Crippen molar-refractivity contribution in [1.82, 2.24) is 0 Å². The third kappa shape index (κ3) is 4.50. The molecule has 7 nitrogen and oxygen atoms in total. The number of primary amides is 1. The summed E-state index contributed by atoms with van der Waals surface area (Å²) in [5.74, 6) is -1.36. The molecule has 0 aliphatic carbocycles. The number of fused-ring (bicyclic) bond motifs is 1. The molecule has 1 aliphatic rings. The summed E-state index contributed by atoms with van der Waals surface area (Å²) in [6, 6.07) is 6.81. The van der Waals surface area contributed by atoms with Crippen LogP contribution in [0.2, 0.25) is 0 Å². The van der Waals surface area contributed by atoms with Crippen LogP contribution in [0.3, 0.4) is 0 Å². The summed E-state index contributed by atoms with van der Waals surface area (Å²) in [7, 11) is -3.85. The highest BCUT2D eigenvalue weighted by atomic mass is 32.2. The highest BCUT2D eigenvalue weighted by molar-refractivity contribution is 7.92. The zero-order valence-electron chi connectivity index (χ0n) is 15.1. The van der Waals surface area contributed by atoms with Gasteiger partial charge in [-0.3, -0.25) is 14.3 Å². The summed E-state index contributed by atoms with van der Waals surface area (Å²) < 4.78 is 64.5. The second kappa shape index (κ2) is 7.07. The van der Waals surface area contributed by atoms with Gasteiger partial charge in [0.25, 0.3) is 5.91 Å². The van der Waals surface area contributed by atoms with Gasteiger partial charge in [-0.1, -0.05) is 0 Å². The summed E-state index contributed by atoms with van der Waals surface area (Å²) in [5, 5.41) is 0. The lowest BCUT2D eigenvalue weighted by atomic mass is 10.1. The van der Waals surface area contributed by atoms with Gasteiger partial charge in [-0.25, -0.2) is 8.42 Å². The van der Waals surface area contributed by atoms with Crippen molar-refractivity contribution in [3.8, 4) is 0 Å². The van der Waals surface area contributed by atoms with Crippen molar-refractivity contribution in [2.24, 2.45) is 5.73 Å². The Balaban J connectivity index is 2.02. The maximum atomic E-state index is 13.2. The number of nitrogens with two attached hydrogens (primary N) is 1. The number of rotatable bonds is 4. The lowest BCUT2D eigenvalue weighted by Crippen LogP contribution is -2.29. The minimum atomic E-state index is -4.77. The maximum Gasteiger partial charge on any atom is 0.416 e. The maximum absolute atomic E-state index is 13.2. The molecule has 0 unspecified atom stereocenters. The lowest BCUT2D eigenvalue weighted by Gasteiger charge is -2.19. The number of benzene rings is 2. The van der Waals surface area contributed by atoms with Gasteiger partial charge in [0.05, 0.1) is 11.8 Å². The molecule has 0 fully saturated rings. The Bertz CT molecular complexity index is 1110. The van der Waals surface area contributed by atoms with E-state index in [2.05, 4.69) is 0 Å². The van der Waals surface area contributed by atoms with Crippen LogP contribution in [0.1, 0.15) is 31.8 Å². The molecule has 0 bridgehead atoms. The van der Waals surface area contributed by atoms with Gasteiger partial charge >= 0.3 is 6.18 Å². The number of alkyl halides is 3. The largest absolute Gasteiger partial charge is 0.416 e. The SMILES string of the molecule is CS(=O)(=O)Nc1cc(C(=O)N2CCc3cc(C(N)=O)ccc32)cc(C(F)(F)F)c1. The third-order valence-electron chi connectivity index (χ3n) is 4.32. The van der Waals surface area contributed by atoms with E-state index in [1.165, 1.54) is 23.1 Å². The van der Waals surface area contributed by atoms with Gasteiger partial charge in [-0.15, -0.1) is 0 Å². The molecule has 3 rings (SSSR count). The van der Waals surface area contributed by atoms with Crippen molar-refractivity contribution in [3.05, 3.63) is 58.7 Å². The molecule has 11 heteroatoms. The molecule has 2 aromatic carbocycles. The van der Waals surface area contributed by atoms with Gasteiger partial charge in [0.2, 0.25) is 15.9 Å². The van der Waals surface area contributed by atoms with Crippen molar-refractivity contribution in [3.63, 3.8) is 0 Å². The summed E-state index contributed by atoms with van der Waals surface area (Å²) in [5.41, 5.74) is 4.77. The van der Waals surface area contributed by atoms with E-state index in [9.17, 15) is 31.2 Å². The van der Waals surface area contributed by atoms with Crippen LogP contribution in [0, 0.1) is 0 Å². The Labute approximate surface area is 164 Å². The molecule has 1 aliphatic heterocycles. The van der Waals surface area contributed by atoms with Gasteiger partial charge < -0.3 is 10.6 Å².